The molecule has 0 spiro atoms. The molecule has 0 N–H and O–H groups in total. The average molecular weight is 220 g/mol. The van der Waals surface area contributed by atoms with Crippen molar-refractivity contribution >= 4 is 19.8 Å². The molecule has 0 aliphatic rings. The Labute approximate surface area is 82.9 Å². The maximum Gasteiger partial charge on any atom is 0.303 e. The predicted molar refractivity (Wildman–Crippen MR) is 51.4 cm³/mol. The van der Waals surface area contributed by atoms with Crippen molar-refractivity contribution in [1.82, 2.24) is 0 Å². The summed E-state index contributed by atoms with van der Waals surface area (Å²) >= 11 is 0. The van der Waals surface area contributed by atoms with Crippen LogP contribution in [0.25, 0.3) is 0 Å². The highest BCUT2D eigenvalue weighted by atomic mass is 31.1. The number of hydrogen-bond donors (Lipinski definition) is 0. The summed E-state index contributed by atoms with van der Waals surface area (Å²) in [5, 5.41) is 0. The minimum absolute atomic E-state index is 0.0584. The van der Waals surface area contributed by atoms with Gasteiger partial charge < -0.3 is 9.26 Å². The lowest BCUT2D eigenvalue weighted by Gasteiger charge is -2.12. The lowest BCUT2D eigenvalue weighted by atomic mass is 10.5. The minimum atomic E-state index is -2.70. The van der Waals surface area contributed by atoms with E-state index in [2.05, 4.69) is 11.3 Å². The molecule has 2 unspecified atom stereocenters. The van der Waals surface area contributed by atoms with E-state index in [4.69, 9.17) is 4.52 Å². The monoisotopic (exact) mass is 220 g/mol. The van der Waals surface area contributed by atoms with Crippen molar-refractivity contribution in [3.63, 3.8) is 0 Å². The zero-order valence-corrected chi connectivity index (χ0v) is 9.11. The Hall–Kier alpha value is -0.930. The number of esters is 1. The quantitative estimate of drug-likeness (QED) is 0.381. The zero-order chi connectivity index (χ0) is 11.1. The van der Waals surface area contributed by atoms with Crippen molar-refractivity contribution in [3.05, 3.63) is 12.7 Å². The van der Waals surface area contributed by atoms with Crippen LogP contribution >= 0.6 is 8.03 Å². The maximum atomic E-state index is 11.3. The first-order chi connectivity index (χ1) is 6.49. The lowest BCUT2D eigenvalue weighted by Crippen LogP contribution is -2.21. The normalized spacial score (nSPS) is 14.1. The number of carbonyl (C=O) groups excluding carboxylic acids is 2. The fraction of sp³-hybridized carbons (Fsp3) is 0.500. The summed E-state index contributed by atoms with van der Waals surface area (Å²) in [7, 11) is -2.70. The number of ether oxygens (including phenoxy) is 1. The molecule has 0 aliphatic carbocycles. The third-order valence-electron chi connectivity index (χ3n) is 1.21. The minimum Gasteiger partial charge on any atom is -0.444 e. The van der Waals surface area contributed by atoms with Gasteiger partial charge in [0.1, 0.15) is 0 Å². The summed E-state index contributed by atoms with van der Waals surface area (Å²) in [5.74, 6) is -2.43. The molecular formula is C8H13O5P. The molecule has 0 aromatic rings. The Bertz CT molecular complexity index is 260. The molecule has 0 aromatic heterocycles. The van der Waals surface area contributed by atoms with Gasteiger partial charge in [0.05, 0.1) is 6.61 Å². The molecule has 0 aromatic carbocycles. The van der Waals surface area contributed by atoms with Gasteiger partial charge in [-0.2, -0.15) is 0 Å². The van der Waals surface area contributed by atoms with Crippen LogP contribution in [0.2, 0.25) is 0 Å². The average Bonchev–Trinajstić information content (AvgIpc) is 2.09. The molecule has 0 fully saturated rings. The fourth-order valence-corrected chi connectivity index (χ4v) is 1.71. The lowest BCUT2D eigenvalue weighted by molar-refractivity contribution is -0.148. The van der Waals surface area contributed by atoms with Crippen LogP contribution < -0.4 is 0 Å². The van der Waals surface area contributed by atoms with Gasteiger partial charge in [0.25, 0.3) is 0 Å². The molecule has 0 heterocycles. The standard InChI is InChI=1S/C8H13O5P/c1-4-5-12-14(11)8(6(2)9)13-7(3)10/h4,8,14H,1,5H2,2-3H3. The Morgan fingerprint density at radius 1 is 1.50 bits per heavy atom. The van der Waals surface area contributed by atoms with Crippen LogP contribution in [0.15, 0.2) is 12.7 Å². The summed E-state index contributed by atoms with van der Waals surface area (Å²) in [4.78, 5) is 21.5. The van der Waals surface area contributed by atoms with Crippen LogP contribution in [0.5, 0.6) is 0 Å². The number of Topliss-reactive ketones (excluding diaryl/α,β-unsaturated/α-hetero) is 1. The van der Waals surface area contributed by atoms with E-state index in [0.717, 1.165) is 6.92 Å². The molecule has 5 nitrogen and oxygen atoms in total. The summed E-state index contributed by atoms with van der Waals surface area (Å²) in [6.45, 7) is 5.74. The largest absolute Gasteiger partial charge is 0.444 e. The molecule has 14 heavy (non-hydrogen) atoms. The van der Waals surface area contributed by atoms with Gasteiger partial charge in [0.15, 0.2) is 5.78 Å². The molecule has 0 saturated carbocycles. The molecule has 6 heteroatoms. The van der Waals surface area contributed by atoms with Crippen LogP contribution in [-0.2, 0) is 23.4 Å². The SMILES string of the molecule is C=CCO[PH](=O)C(OC(C)=O)C(C)=O. The highest BCUT2D eigenvalue weighted by molar-refractivity contribution is 7.41. The first-order valence-corrected chi connectivity index (χ1v) is 5.33. The molecule has 0 bridgehead atoms. The highest BCUT2D eigenvalue weighted by Crippen LogP contribution is 2.30. The Balaban J connectivity index is 4.33. The van der Waals surface area contributed by atoms with E-state index in [0.29, 0.717) is 0 Å². The summed E-state index contributed by atoms with van der Waals surface area (Å²) in [6, 6.07) is 0. The smallest absolute Gasteiger partial charge is 0.303 e. The van der Waals surface area contributed by atoms with Gasteiger partial charge in [-0.3, -0.25) is 14.2 Å². The van der Waals surface area contributed by atoms with Crippen molar-refractivity contribution < 1.29 is 23.4 Å². The fourth-order valence-electron chi connectivity index (χ4n) is 0.680. The van der Waals surface area contributed by atoms with Crippen molar-refractivity contribution in [3.8, 4) is 0 Å². The van der Waals surface area contributed by atoms with Crippen LogP contribution in [0, 0.1) is 0 Å². The van der Waals surface area contributed by atoms with E-state index in [-0.39, 0.29) is 6.61 Å². The van der Waals surface area contributed by atoms with Gasteiger partial charge in [-0.1, -0.05) is 6.08 Å². The maximum absolute atomic E-state index is 11.3. The number of hydrogen-bond acceptors (Lipinski definition) is 5. The number of rotatable bonds is 6. The molecule has 80 valence electrons. The third kappa shape index (κ3) is 4.94. The first-order valence-electron chi connectivity index (χ1n) is 3.94. The Morgan fingerprint density at radius 3 is 2.43 bits per heavy atom. The van der Waals surface area contributed by atoms with Crippen molar-refractivity contribution in [2.75, 3.05) is 6.61 Å². The molecule has 0 radical (unpaired) electrons. The highest BCUT2D eigenvalue weighted by Gasteiger charge is 2.24. The predicted octanol–water partition coefficient (Wildman–Crippen LogP) is 1.14. The summed E-state index contributed by atoms with van der Waals surface area (Å²) in [5.41, 5.74) is 0. The number of ketones is 1. The topological polar surface area (TPSA) is 69.7 Å². The van der Waals surface area contributed by atoms with Gasteiger partial charge in [-0.15, -0.1) is 6.58 Å². The number of carbonyl (C=O) groups is 2. The van der Waals surface area contributed by atoms with Crippen LogP contribution in [0.3, 0.4) is 0 Å². The second-order valence-corrected chi connectivity index (χ2v) is 3.97. The van der Waals surface area contributed by atoms with E-state index in [1.807, 2.05) is 0 Å². The third-order valence-corrected chi connectivity index (χ3v) is 2.61. The van der Waals surface area contributed by atoms with E-state index in [1.54, 1.807) is 0 Å². The van der Waals surface area contributed by atoms with Gasteiger partial charge in [-0.25, -0.2) is 0 Å². The van der Waals surface area contributed by atoms with Gasteiger partial charge in [-0.05, 0) is 6.92 Å². The Morgan fingerprint density at radius 2 is 2.07 bits per heavy atom. The molecule has 0 rings (SSSR count). The molecule has 0 amide bonds. The van der Waals surface area contributed by atoms with Crippen molar-refractivity contribution in [1.29, 1.82) is 0 Å². The van der Waals surface area contributed by atoms with Gasteiger partial charge in [0, 0.05) is 6.92 Å². The van der Waals surface area contributed by atoms with Crippen molar-refractivity contribution in [2.24, 2.45) is 0 Å². The second kappa shape index (κ2) is 6.51. The first kappa shape index (κ1) is 13.1. The summed E-state index contributed by atoms with van der Waals surface area (Å²) in [6.07, 6.45) is 1.40. The molecular weight excluding hydrogens is 207 g/mol. The van der Waals surface area contributed by atoms with E-state index >= 15 is 0 Å². The molecule has 0 aliphatic heterocycles. The van der Waals surface area contributed by atoms with Crippen molar-refractivity contribution in [2.45, 2.75) is 19.7 Å². The Kier molecular flexibility index (Phi) is 6.08. The molecule has 0 saturated heterocycles. The van der Waals surface area contributed by atoms with Crippen LogP contribution in [-0.4, -0.2) is 24.2 Å². The summed E-state index contributed by atoms with van der Waals surface area (Å²) < 4.78 is 20.6. The van der Waals surface area contributed by atoms with E-state index < -0.39 is 25.6 Å². The van der Waals surface area contributed by atoms with Crippen LogP contribution in [0.1, 0.15) is 13.8 Å². The second-order valence-electron chi connectivity index (χ2n) is 2.52. The van der Waals surface area contributed by atoms with Crippen LogP contribution in [0.4, 0.5) is 0 Å². The van der Waals surface area contributed by atoms with Gasteiger partial charge in [0.2, 0.25) is 13.9 Å². The van der Waals surface area contributed by atoms with Gasteiger partial charge >= 0.3 is 5.97 Å². The van der Waals surface area contributed by atoms with E-state index in [9.17, 15) is 14.2 Å². The van der Waals surface area contributed by atoms with E-state index in [1.165, 1.54) is 13.0 Å². The molecule has 2 atom stereocenters. The zero-order valence-electron chi connectivity index (χ0n) is 8.11.